The minimum Gasteiger partial charge on any atom is -0.394 e. The number of hydrogen-bond acceptors (Lipinski definition) is 5. The van der Waals surface area contributed by atoms with E-state index < -0.39 is 0 Å². The van der Waals surface area contributed by atoms with Crippen LogP contribution in [-0.2, 0) is 4.84 Å². The van der Waals surface area contributed by atoms with Gasteiger partial charge in [-0.3, -0.25) is 9.69 Å². The van der Waals surface area contributed by atoms with E-state index in [0.29, 0.717) is 26.0 Å². The Balaban J connectivity index is 1.83. The second kappa shape index (κ2) is 11.5. The standard InChI is InChI=1S/C24H31N3O2/c25-16-19-29-26-24(21-12-6-2-7-13-21)22(27-17-8-3-9-18-27)14-15-23(28)20-10-4-1-5-11-20/h1-2,4-7,10-13,22H,3,8-9,14-19,25H2. The molecule has 0 aliphatic carbocycles. The van der Waals surface area contributed by atoms with Crippen LogP contribution in [0.1, 0.15) is 48.0 Å². The van der Waals surface area contributed by atoms with Crippen LogP contribution in [0.2, 0.25) is 0 Å². The van der Waals surface area contributed by atoms with Crippen molar-refractivity contribution in [3.05, 3.63) is 71.8 Å². The molecule has 0 radical (unpaired) electrons. The number of carbonyl (C=O) groups excluding carboxylic acids is 1. The van der Waals surface area contributed by atoms with Gasteiger partial charge in [-0.05, 0) is 32.4 Å². The molecule has 1 aliphatic rings. The Labute approximate surface area is 173 Å². The first kappa shape index (κ1) is 21.2. The summed E-state index contributed by atoms with van der Waals surface area (Å²) in [6, 6.07) is 19.7. The summed E-state index contributed by atoms with van der Waals surface area (Å²) in [7, 11) is 0. The highest BCUT2D eigenvalue weighted by Crippen LogP contribution is 2.21. The number of nitrogens with zero attached hydrogens (tertiary/aromatic N) is 2. The number of benzene rings is 2. The molecule has 0 amide bonds. The molecule has 3 rings (SSSR count). The maximum Gasteiger partial charge on any atom is 0.162 e. The van der Waals surface area contributed by atoms with Gasteiger partial charge < -0.3 is 10.6 Å². The molecule has 1 aliphatic heterocycles. The number of carbonyl (C=O) groups is 1. The molecule has 5 heteroatoms. The van der Waals surface area contributed by atoms with Crippen molar-refractivity contribution in [1.82, 2.24) is 4.90 Å². The molecule has 0 spiro atoms. The van der Waals surface area contributed by atoms with E-state index in [1.54, 1.807) is 0 Å². The molecule has 1 atom stereocenters. The summed E-state index contributed by atoms with van der Waals surface area (Å²) < 4.78 is 0. The van der Waals surface area contributed by atoms with Gasteiger partial charge in [0.15, 0.2) is 5.78 Å². The fraction of sp³-hybridized carbons (Fsp3) is 0.417. The predicted octanol–water partition coefficient (Wildman–Crippen LogP) is 3.88. The lowest BCUT2D eigenvalue weighted by molar-refractivity contribution is 0.0963. The largest absolute Gasteiger partial charge is 0.394 e. The Morgan fingerprint density at radius 2 is 1.59 bits per heavy atom. The lowest BCUT2D eigenvalue weighted by Crippen LogP contribution is -2.45. The Morgan fingerprint density at radius 1 is 0.966 bits per heavy atom. The number of oxime groups is 1. The normalized spacial score (nSPS) is 16.4. The van der Waals surface area contributed by atoms with Crippen molar-refractivity contribution >= 4 is 11.5 Å². The summed E-state index contributed by atoms with van der Waals surface area (Å²) in [4.78, 5) is 20.7. The molecule has 2 N–H and O–H groups in total. The predicted molar refractivity (Wildman–Crippen MR) is 117 cm³/mol. The number of likely N-dealkylation sites (tertiary alicyclic amines) is 1. The molecule has 2 aromatic carbocycles. The second-order valence-corrected chi connectivity index (χ2v) is 7.40. The molecule has 0 saturated carbocycles. The van der Waals surface area contributed by atoms with Crippen molar-refractivity contribution in [2.45, 2.75) is 38.1 Å². The van der Waals surface area contributed by atoms with Crippen molar-refractivity contribution in [1.29, 1.82) is 0 Å². The second-order valence-electron chi connectivity index (χ2n) is 7.40. The molecule has 1 unspecified atom stereocenters. The minimum absolute atomic E-state index is 0.0446. The van der Waals surface area contributed by atoms with Crippen LogP contribution in [0.25, 0.3) is 0 Å². The summed E-state index contributed by atoms with van der Waals surface area (Å²) in [6.45, 7) is 2.85. The molecule has 1 fully saturated rings. The minimum atomic E-state index is 0.0446. The number of ketones is 1. The van der Waals surface area contributed by atoms with Gasteiger partial charge in [0.1, 0.15) is 12.3 Å². The SMILES string of the molecule is NCCON=C(c1ccccc1)C(CCC(=O)c1ccccc1)N1CCCCC1. The fourth-order valence-electron chi connectivity index (χ4n) is 3.84. The highest BCUT2D eigenvalue weighted by atomic mass is 16.6. The van der Waals surface area contributed by atoms with E-state index in [-0.39, 0.29) is 11.8 Å². The zero-order chi connectivity index (χ0) is 20.3. The molecule has 0 aromatic heterocycles. The van der Waals surface area contributed by atoms with Crippen LogP contribution in [-0.4, -0.2) is 48.7 Å². The van der Waals surface area contributed by atoms with Gasteiger partial charge in [-0.1, -0.05) is 72.2 Å². The smallest absolute Gasteiger partial charge is 0.162 e. The highest BCUT2D eigenvalue weighted by molar-refractivity contribution is 6.04. The van der Waals surface area contributed by atoms with E-state index in [2.05, 4.69) is 22.2 Å². The third-order valence-corrected chi connectivity index (χ3v) is 5.33. The monoisotopic (exact) mass is 393 g/mol. The summed E-state index contributed by atoms with van der Waals surface area (Å²) >= 11 is 0. The molecule has 154 valence electrons. The van der Waals surface area contributed by atoms with Crippen LogP contribution in [0.4, 0.5) is 0 Å². The van der Waals surface area contributed by atoms with Gasteiger partial charge >= 0.3 is 0 Å². The number of Topliss-reactive ketones (excluding diaryl/α,β-unsaturated/α-hetero) is 1. The molecular formula is C24H31N3O2. The van der Waals surface area contributed by atoms with Crippen LogP contribution in [0.5, 0.6) is 0 Å². The first-order chi connectivity index (χ1) is 14.3. The lowest BCUT2D eigenvalue weighted by atomic mass is 9.93. The molecule has 1 heterocycles. The third-order valence-electron chi connectivity index (χ3n) is 5.33. The Bertz CT molecular complexity index is 771. The van der Waals surface area contributed by atoms with Crippen molar-refractivity contribution in [2.75, 3.05) is 26.2 Å². The Kier molecular flexibility index (Phi) is 8.40. The van der Waals surface area contributed by atoms with E-state index in [1.165, 1.54) is 19.3 Å². The molecular weight excluding hydrogens is 362 g/mol. The summed E-state index contributed by atoms with van der Waals surface area (Å²) in [5, 5.41) is 4.49. The van der Waals surface area contributed by atoms with Gasteiger partial charge in [0.05, 0.1) is 6.04 Å². The van der Waals surface area contributed by atoms with Gasteiger partial charge in [-0.25, -0.2) is 0 Å². The zero-order valence-electron chi connectivity index (χ0n) is 17.0. The third kappa shape index (κ3) is 6.24. The van der Waals surface area contributed by atoms with Crippen molar-refractivity contribution in [3.63, 3.8) is 0 Å². The molecule has 0 bridgehead atoms. The quantitative estimate of drug-likeness (QED) is 0.288. The van der Waals surface area contributed by atoms with Crippen LogP contribution >= 0.6 is 0 Å². The van der Waals surface area contributed by atoms with Crippen LogP contribution < -0.4 is 5.73 Å². The Hall–Kier alpha value is -2.50. The van der Waals surface area contributed by atoms with Crippen LogP contribution in [0.3, 0.4) is 0 Å². The average molecular weight is 394 g/mol. The lowest BCUT2D eigenvalue weighted by Gasteiger charge is -2.35. The van der Waals surface area contributed by atoms with E-state index in [1.807, 2.05) is 48.5 Å². The van der Waals surface area contributed by atoms with E-state index in [4.69, 9.17) is 10.6 Å². The maximum atomic E-state index is 12.7. The van der Waals surface area contributed by atoms with Gasteiger partial charge in [0.25, 0.3) is 0 Å². The van der Waals surface area contributed by atoms with Gasteiger partial charge in [-0.2, -0.15) is 0 Å². The molecule has 29 heavy (non-hydrogen) atoms. The van der Waals surface area contributed by atoms with E-state index in [9.17, 15) is 4.79 Å². The summed E-state index contributed by atoms with van der Waals surface area (Å²) in [5.74, 6) is 0.169. The van der Waals surface area contributed by atoms with Crippen molar-refractivity contribution < 1.29 is 9.63 Å². The van der Waals surface area contributed by atoms with Gasteiger partial charge in [-0.15, -0.1) is 0 Å². The van der Waals surface area contributed by atoms with Crippen LogP contribution in [0, 0.1) is 0 Å². The number of hydrogen-bond donors (Lipinski definition) is 1. The van der Waals surface area contributed by atoms with Crippen molar-refractivity contribution in [2.24, 2.45) is 10.9 Å². The number of nitrogens with two attached hydrogens (primary N) is 1. The zero-order valence-corrected chi connectivity index (χ0v) is 17.0. The fourth-order valence-corrected chi connectivity index (χ4v) is 3.84. The topological polar surface area (TPSA) is 67.9 Å². The maximum absolute atomic E-state index is 12.7. The number of rotatable bonds is 10. The number of piperidine rings is 1. The van der Waals surface area contributed by atoms with Gasteiger partial charge in [0.2, 0.25) is 0 Å². The average Bonchev–Trinajstić information content (AvgIpc) is 2.80. The summed E-state index contributed by atoms with van der Waals surface area (Å²) in [6.07, 6.45) is 4.80. The van der Waals surface area contributed by atoms with Crippen molar-refractivity contribution in [3.8, 4) is 0 Å². The molecule has 5 nitrogen and oxygen atoms in total. The summed E-state index contributed by atoms with van der Waals surface area (Å²) in [5.41, 5.74) is 8.28. The first-order valence-corrected chi connectivity index (χ1v) is 10.6. The van der Waals surface area contributed by atoms with Crippen LogP contribution in [0.15, 0.2) is 65.8 Å². The highest BCUT2D eigenvalue weighted by Gasteiger charge is 2.27. The molecule has 1 saturated heterocycles. The van der Waals surface area contributed by atoms with E-state index >= 15 is 0 Å². The first-order valence-electron chi connectivity index (χ1n) is 10.6. The van der Waals surface area contributed by atoms with Gasteiger partial charge in [0, 0.05) is 24.1 Å². The Morgan fingerprint density at radius 3 is 2.21 bits per heavy atom. The molecule has 2 aromatic rings. The van der Waals surface area contributed by atoms with E-state index in [0.717, 1.165) is 29.9 Å².